The molecule has 7 rings (SSSR count). The number of hydrogen-bond donors (Lipinski definition) is 11. The van der Waals surface area contributed by atoms with E-state index in [1.807, 2.05) is 23.1 Å². The zero-order chi connectivity index (χ0) is 71.9. The van der Waals surface area contributed by atoms with Gasteiger partial charge in [0.25, 0.3) is 0 Å². The number of hydrogen-bond acceptors (Lipinski definition) is 20. The Bertz CT molecular complexity index is 3160. The van der Waals surface area contributed by atoms with Gasteiger partial charge in [-0.2, -0.15) is 11.8 Å². The van der Waals surface area contributed by atoms with Crippen molar-refractivity contribution in [2.24, 2.45) is 29.4 Å². The van der Waals surface area contributed by atoms with Crippen LogP contribution in [0.25, 0.3) is 0 Å². The lowest BCUT2D eigenvalue weighted by atomic mass is 9.78. The molecule has 0 radical (unpaired) electrons. The second-order valence-corrected chi connectivity index (χ2v) is 27.8. The maximum absolute atomic E-state index is 14.7. The Hall–Kier alpha value is -7.94. The molecular weight excluding hydrogens is 1300 g/mol. The fourth-order valence-corrected chi connectivity index (χ4v) is 15.0. The number of aliphatic carboxylic acids is 4. The van der Waals surface area contributed by atoms with E-state index in [1.165, 1.54) is 25.6 Å². The highest BCUT2D eigenvalue weighted by Crippen LogP contribution is 2.42. The predicted molar refractivity (Wildman–Crippen MR) is 361 cm³/mol. The van der Waals surface area contributed by atoms with E-state index in [4.69, 9.17) is 5.73 Å². The predicted octanol–water partition coefficient (Wildman–Crippen LogP) is -1.24. The number of Topliss-reactive ketones (excluding diaryl/α,β-unsaturated/α-hetero) is 2. The van der Waals surface area contributed by atoms with Gasteiger partial charge in [-0.1, -0.05) is 61.4 Å². The van der Waals surface area contributed by atoms with Crippen LogP contribution in [0.1, 0.15) is 100 Å². The topological polar surface area (TPSA) is 429 Å². The van der Waals surface area contributed by atoms with Crippen LogP contribution >= 0.6 is 11.8 Å². The summed E-state index contributed by atoms with van der Waals surface area (Å²) >= 11 is 1.40. The van der Waals surface area contributed by atoms with Crippen molar-refractivity contribution in [2.45, 2.75) is 140 Å². The number of piperazine rings is 1. The van der Waals surface area contributed by atoms with E-state index in [-0.39, 0.29) is 134 Å². The van der Waals surface area contributed by atoms with Crippen molar-refractivity contribution in [1.29, 1.82) is 0 Å². The third-order valence-electron chi connectivity index (χ3n) is 19.2. The largest absolute Gasteiger partial charge is 0.480 e. The van der Waals surface area contributed by atoms with Crippen molar-refractivity contribution in [1.82, 2.24) is 56.0 Å². The number of aliphatic hydroxyl groups is 1. The fraction of sp³-hybridized carbons (Fsp3) is 0.632. The molecule has 2 saturated heterocycles. The molecule has 4 fully saturated rings. The molecule has 3 heterocycles. The van der Waals surface area contributed by atoms with Crippen LogP contribution in [0.4, 0.5) is 0 Å². The molecule has 2 aromatic rings. The van der Waals surface area contributed by atoms with Crippen LogP contribution in [0.3, 0.4) is 0 Å². The molecule has 2 aliphatic carbocycles. The molecule has 99 heavy (non-hydrogen) atoms. The monoisotopic (exact) mass is 1400 g/mol. The van der Waals surface area contributed by atoms with Gasteiger partial charge in [-0.25, -0.2) is 4.79 Å². The number of fused-ring (bicyclic) bond motifs is 4. The number of primary amides is 1. The van der Waals surface area contributed by atoms with Crippen molar-refractivity contribution in [3.05, 3.63) is 70.8 Å². The number of aryl methyl sites for hydroxylation is 1. The Morgan fingerprint density at radius 2 is 1.07 bits per heavy atom. The van der Waals surface area contributed by atoms with E-state index in [1.54, 1.807) is 49.9 Å². The molecule has 7 amide bonds. The summed E-state index contributed by atoms with van der Waals surface area (Å²) in [4.78, 5) is 185. The number of nitrogens with one attached hydrogen (secondary N) is 5. The number of ketones is 2. The van der Waals surface area contributed by atoms with Gasteiger partial charge >= 0.3 is 23.9 Å². The first kappa shape index (κ1) is 78.4. The first-order valence-electron chi connectivity index (χ1n) is 34.2. The number of benzene rings is 2. The first-order chi connectivity index (χ1) is 47.2. The third-order valence-corrected chi connectivity index (χ3v) is 20.3. The number of carboxylic acid groups (broad SMARTS) is 4. The molecule has 31 heteroatoms. The van der Waals surface area contributed by atoms with Gasteiger partial charge in [0, 0.05) is 140 Å². The van der Waals surface area contributed by atoms with Crippen LogP contribution in [0.5, 0.6) is 0 Å². The number of nitrogens with two attached hydrogens (primary N) is 1. The Morgan fingerprint density at radius 3 is 1.61 bits per heavy atom. The Morgan fingerprint density at radius 1 is 0.566 bits per heavy atom. The zero-order valence-corrected chi connectivity index (χ0v) is 57.3. The second kappa shape index (κ2) is 38.6. The number of rotatable bonds is 18. The van der Waals surface area contributed by atoms with Crippen LogP contribution in [0.2, 0.25) is 0 Å². The van der Waals surface area contributed by atoms with Gasteiger partial charge in [0.05, 0.1) is 38.3 Å². The Kier molecular flexibility index (Phi) is 30.6. The van der Waals surface area contributed by atoms with E-state index in [0.717, 1.165) is 16.7 Å². The lowest BCUT2D eigenvalue weighted by molar-refractivity contribution is -0.142. The van der Waals surface area contributed by atoms with Crippen LogP contribution in [-0.2, 0) is 87.5 Å². The molecule has 0 aromatic heterocycles. The second-order valence-electron chi connectivity index (χ2n) is 26.8. The maximum Gasteiger partial charge on any atom is 0.326 e. The minimum Gasteiger partial charge on any atom is -0.480 e. The Balaban J connectivity index is 1.13. The summed E-state index contributed by atoms with van der Waals surface area (Å²) in [6, 6.07) is 7.43. The number of amides is 7. The number of carboxylic acids is 4. The van der Waals surface area contributed by atoms with Gasteiger partial charge in [-0.05, 0) is 80.5 Å². The van der Waals surface area contributed by atoms with Crippen molar-refractivity contribution >= 4 is 88.6 Å². The molecule has 2 saturated carbocycles. The highest BCUT2D eigenvalue weighted by atomic mass is 32.2. The van der Waals surface area contributed by atoms with Gasteiger partial charge in [0.15, 0.2) is 5.78 Å². The summed E-state index contributed by atoms with van der Waals surface area (Å²) in [6.45, 7) is 5.74. The molecule has 2 aromatic carbocycles. The lowest BCUT2D eigenvalue weighted by Gasteiger charge is -2.37. The number of aliphatic hydroxyl groups excluding tert-OH is 1. The number of carbonyl (C=O) groups is 13. The van der Waals surface area contributed by atoms with Crippen molar-refractivity contribution < 1.29 is 87.9 Å². The summed E-state index contributed by atoms with van der Waals surface area (Å²) in [5.41, 5.74) is 8.64. The van der Waals surface area contributed by atoms with Crippen molar-refractivity contribution in [2.75, 3.05) is 110 Å². The van der Waals surface area contributed by atoms with E-state index in [0.29, 0.717) is 82.6 Å². The van der Waals surface area contributed by atoms with Crippen molar-refractivity contribution in [3.63, 3.8) is 0 Å². The summed E-state index contributed by atoms with van der Waals surface area (Å²) in [5, 5.41) is 63.8. The minimum absolute atomic E-state index is 0.0183. The highest BCUT2D eigenvalue weighted by Gasteiger charge is 2.47. The fourth-order valence-electron chi connectivity index (χ4n) is 14.0. The van der Waals surface area contributed by atoms with Crippen LogP contribution in [0, 0.1) is 23.7 Å². The highest BCUT2D eigenvalue weighted by molar-refractivity contribution is 7.98. The lowest BCUT2D eigenvalue weighted by Crippen LogP contribution is -2.60. The van der Waals surface area contributed by atoms with Gasteiger partial charge in [-0.15, -0.1) is 0 Å². The number of carbonyl (C=O) groups excluding carboxylic acids is 9. The molecule has 3 unspecified atom stereocenters. The molecule has 2 bridgehead atoms. The summed E-state index contributed by atoms with van der Waals surface area (Å²) in [7, 11) is 0. The average Bonchev–Trinajstić information content (AvgIpc) is 1.68. The van der Waals surface area contributed by atoms with Gasteiger partial charge in [0.1, 0.15) is 30.0 Å². The zero-order valence-electron chi connectivity index (χ0n) is 56.5. The van der Waals surface area contributed by atoms with E-state index in [2.05, 4.69) is 31.5 Å². The maximum atomic E-state index is 14.7. The molecular formula is C68H98N12O18S. The molecule has 12 N–H and O–H groups in total. The van der Waals surface area contributed by atoms with Crippen LogP contribution in [-0.4, -0.2) is 279 Å². The summed E-state index contributed by atoms with van der Waals surface area (Å²) < 4.78 is 0. The van der Waals surface area contributed by atoms with Crippen LogP contribution in [0.15, 0.2) is 48.5 Å². The van der Waals surface area contributed by atoms with Gasteiger partial charge < -0.3 is 62.8 Å². The van der Waals surface area contributed by atoms with Gasteiger partial charge in [-0.3, -0.25) is 82.0 Å². The van der Waals surface area contributed by atoms with E-state index < -0.39 is 126 Å². The normalized spacial score (nSPS) is 26.3. The quantitative estimate of drug-likeness (QED) is 0.0832. The molecule has 5 aliphatic rings. The molecule has 544 valence electrons. The first-order valence-corrected chi connectivity index (χ1v) is 35.4. The standard InChI is InChI=1S/C68H98N12O18S/c1-42(81)61-67(96)71-52(17-18-56(69)83)65(94)73-54(34-44-9-4-3-5-10-44)66(95)72-53(68(97)98)16-6-11-45-31-46(33-47(32-45)40-99-41-55(70-43(2)82)63(92)49-13-7-12-48(49)62(91)50-14-8-15-51(50)64(93)74-61)35-75-27-29-80(30-28-75)57(84)36-76-19-21-77(37-58(85)86)23-25-79(39-60(89)90)26-24-78(22-20-76)38-59(87)88/h3-5,9-10,31-33,42,48-55,61,81H,6-8,11-30,34-41H2,1-2H3,(H2,69,83)(H,70,82)(H,71,96)(H,72,95)(H,73,94)(H,74,93)(H,85,86)(H,87,88)(H,89,90)(H,97,98)/t42-,48-,49?,50?,51-,52-,53?,54+,55+,61+/m1/s1. The van der Waals surface area contributed by atoms with Crippen LogP contribution < -0.4 is 32.3 Å². The molecule has 0 spiro atoms. The third kappa shape index (κ3) is 25.0. The summed E-state index contributed by atoms with van der Waals surface area (Å²) in [6.07, 6.45) is 0.364. The smallest absolute Gasteiger partial charge is 0.326 e. The number of thioether (sulfide) groups is 1. The average molecular weight is 1400 g/mol. The Labute approximate surface area is 580 Å². The molecule has 30 nitrogen and oxygen atoms in total. The molecule has 10 atom stereocenters. The SMILES string of the molecule is CC(=O)N[C@H]1CSCc2cc(cc(CN3CCN(C(=O)CN4CCN(CC(=O)O)CCN(CC(=O)O)CCN(CC(=O)O)CC4)CC3)c2)CCCC(C(=O)O)NC(=O)[C@H](Cc2ccccc2)NC(=O)[C@@H](CCC(N)=O)NC(=O)[C@H]([C@@H](C)O)NC(=O)[C@@H]2CCCC2C(=O)[C@@H]2CCCC2C1=O. The van der Waals surface area contributed by atoms with Gasteiger partial charge in [0.2, 0.25) is 41.4 Å². The number of nitrogens with zero attached hydrogens (tertiary/aromatic N) is 6. The minimum atomic E-state index is -1.67. The van der Waals surface area contributed by atoms with Crippen molar-refractivity contribution in [3.8, 4) is 0 Å². The summed E-state index contributed by atoms with van der Waals surface area (Å²) in [5.74, 6) is -13.0. The van der Waals surface area contributed by atoms with E-state index >= 15 is 0 Å². The molecule has 3 aliphatic heterocycles. The van der Waals surface area contributed by atoms with E-state index in [9.17, 15) is 87.9 Å².